The molecular weight excluding hydrogens is 206 g/mol. The van der Waals surface area contributed by atoms with Crippen LogP contribution < -0.4 is 0 Å². The van der Waals surface area contributed by atoms with Crippen molar-refractivity contribution in [2.24, 2.45) is 5.41 Å². The Labute approximate surface area is 107 Å². The van der Waals surface area contributed by atoms with E-state index in [1.165, 1.54) is 24.1 Å². The number of aromatic nitrogens is 1. The van der Waals surface area contributed by atoms with E-state index >= 15 is 0 Å². The Hall–Kier alpha value is -0.850. The fourth-order valence-corrected chi connectivity index (χ4v) is 1.70. The van der Waals surface area contributed by atoms with Crippen LogP contribution in [0.1, 0.15) is 65.6 Å². The SMILES string of the molecule is CCC(C)(C)CCc1ccnc(C(C)(C)C)c1. The van der Waals surface area contributed by atoms with Crippen LogP contribution in [0.2, 0.25) is 0 Å². The lowest BCUT2D eigenvalue weighted by Crippen LogP contribution is -2.14. The van der Waals surface area contributed by atoms with E-state index < -0.39 is 0 Å². The minimum Gasteiger partial charge on any atom is -0.261 e. The molecular formula is C16H27N. The Morgan fingerprint density at radius 3 is 2.29 bits per heavy atom. The van der Waals surface area contributed by atoms with Gasteiger partial charge in [-0.05, 0) is 36.0 Å². The summed E-state index contributed by atoms with van der Waals surface area (Å²) in [6, 6.07) is 4.42. The first kappa shape index (κ1) is 14.2. The van der Waals surface area contributed by atoms with Crippen LogP contribution in [0.15, 0.2) is 18.3 Å². The highest BCUT2D eigenvalue weighted by atomic mass is 14.7. The van der Waals surface area contributed by atoms with Gasteiger partial charge in [0.1, 0.15) is 0 Å². The normalized spacial score (nSPS) is 12.8. The van der Waals surface area contributed by atoms with E-state index in [-0.39, 0.29) is 5.41 Å². The zero-order chi connectivity index (χ0) is 13.1. The second kappa shape index (κ2) is 5.20. The Morgan fingerprint density at radius 1 is 1.12 bits per heavy atom. The van der Waals surface area contributed by atoms with E-state index in [0.717, 1.165) is 6.42 Å². The van der Waals surface area contributed by atoms with Gasteiger partial charge in [-0.3, -0.25) is 4.98 Å². The maximum atomic E-state index is 4.48. The Morgan fingerprint density at radius 2 is 1.76 bits per heavy atom. The lowest BCUT2D eigenvalue weighted by atomic mass is 9.83. The third-order valence-corrected chi connectivity index (χ3v) is 3.64. The molecule has 0 fully saturated rings. The Bertz CT molecular complexity index is 358. The molecule has 0 N–H and O–H groups in total. The third-order valence-electron chi connectivity index (χ3n) is 3.64. The Kier molecular flexibility index (Phi) is 4.35. The van der Waals surface area contributed by atoms with Crippen molar-refractivity contribution in [3.8, 4) is 0 Å². The van der Waals surface area contributed by atoms with Crippen molar-refractivity contribution in [2.45, 2.75) is 66.2 Å². The highest BCUT2D eigenvalue weighted by Gasteiger charge is 2.17. The summed E-state index contributed by atoms with van der Waals surface area (Å²) in [5, 5.41) is 0. The van der Waals surface area contributed by atoms with Crippen LogP contribution in [0.3, 0.4) is 0 Å². The molecule has 0 unspecified atom stereocenters. The summed E-state index contributed by atoms with van der Waals surface area (Å²) in [5.74, 6) is 0. The zero-order valence-corrected chi connectivity index (χ0v) is 12.3. The molecule has 1 aromatic heterocycles. The molecule has 0 saturated carbocycles. The van der Waals surface area contributed by atoms with Crippen LogP contribution in [0.25, 0.3) is 0 Å². The molecule has 0 aliphatic carbocycles. The van der Waals surface area contributed by atoms with Crippen molar-refractivity contribution >= 4 is 0 Å². The summed E-state index contributed by atoms with van der Waals surface area (Å²) in [4.78, 5) is 4.48. The second-order valence-corrected chi connectivity index (χ2v) is 6.82. The molecule has 1 rings (SSSR count). The number of aryl methyl sites for hydroxylation is 1. The monoisotopic (exact) mass is 233 g/mol. The summed E-state index contributed by atoms with van der Waals surface area (Å²) in [6.07, 6.45) is 5.60. The van der Waals surface area contributed by atoms with Crippen LogP contribution in [-0.2, 0) is 11.8 Å². The van der Waals surface area contributed by atoms with Crippen LogP contribution in [0.5, 0.6) is 0 Å². The van der Waals surface area contributed by atoms with Crippen molar-refractivity contribution in [1.29, 1.82) is 0 Å². The molecule has 1 nitrogen and oxygen atoms in total. The Balaban J connectivity index is 2.74. The number of rotatable bonds is 4. The van der Waals surface area contributed by atoms with Crippen LogP contribution in [-0.4, -0.2) is 4.98 Å². The average molecular weight is 233 g/mol. The van der Waals surface area contributed by atoms with Gasteiger partial charge in [0.05, 0.1) is 0 Å². The molecule has 1 heteroatoms. The van der Waals surface area contributed by atoms with Crippen LogP contribution >= 0.6 is 0 Å². The fraction of sp³-hybridized carbons (Fsp3) is 0.688. The molecule has 0 aromatic carbocycles. The first-order valence-electron chi connectivity index (χ1n) is 6.70. The first-order valence-corrected chi connectivity index (χ1v) is 6.70. The van der Waals surface area contributed by atoms with E-state index in [2.05, 4.69) is 58.7 Å². The van der Waals surface area contributed by atoms with Gasteiger partial charge in [-0.15, -0.1) is 0 Å². The molecule has 96 valence electrons. The molecule has 0 atom stereocenters. The summed E-state index contributed by atoms with van der Waals surface area (Å²) in [5.41, 5.74) is 3.22. The number of pyridine rings is 1. The van der Waals surface area contributed by atoms with E-state index in [9.17, 15) is 0 Å². The summed E-state index contributed by atoms with van der Waals surface area (Å²) < 4.78 is 0. The van der Waals surface area contributed by atoms with Gasteiger partial charge in [0, 0.05) is 17.3 Å². The van der Waals surface area contributed by atoms with Gasteiger partial charge < -0.3 is 0 Å². The zero-order valence-electron chi connectivity index (χ0n) is 12.3. The minimum absolute atomic E-state index is 0.149. The van der Waals surface area contributed by atoms with Crippen LogP contribution in [0.4, 0.5) is 0 Å². The molecule has 17 heavy (non-hydrogen) atoms. The molecule has 1 aromatic rings. The highest BCUT2D eigenvalue weighted by molar-refractivity contribution is 5.21. The van der Waals surface area contributed by atoms with Crippen molar-refractivity contribution in [3.05, 3.63) is 29.6 Å². The predicted molar refractivity (Wildman–Crippen MR) is 75.3 cm³/mol. The third kappa shape index (κ3) is 4.49. The van der Waals surface area contributed by atoms with Crippen molar-refractivity contribution in [2.75, 3.05) is 0 Å². The largest absolute Gasteiger partial charge is 0.261 e. The minimum atomic E-state index is 0.149. The van der Waals surface area contributed by atoms with Gasteiger partial charge in [0.15, 0.2) is 0 Å². The quantitative estimate of drug-likeness (QED) is 0.731. The fourth-order valence-electron chi connectivity index (χ4n) is 1.70. The molecule has 0 aliphatic rings. The molecule has 0 radical (unpaired) electrons. The summed E-state index contributed by atoms with van der Waals surface area (Å²) in [6.45, 7) is 13.6. The van der Waals surface area contributed by atoms with E-state index in [1.54, 1.807) is 0 Å². The summed E-state index contributed by atoms with van der Waals surface area (Å²) >= 11 is 0. The molecule has 0 bridgehead atoms. The van der Waals surface area contributed by atoms with Crippen molar-refractivity contribution in [1.82, 2.24) is 4.98 Å². The molecule has 0 spiro atoms. The molecule has 0 amide bonds. The van der Waals surface area contributed by atoms with Gasteiger partial charge in [0.2, 0.25) is 0 Å². The number of hydrogen-bond acceptors (Lipinski definition) is 1. The lowest BCUT2D eigenvalue weighted by Gasteiger charge is -2.23. The molecule has 1 heterocycles. The highest BCUT2D eigenvalue weighted by Crippen LogP contribution is 2.27. The predicted octanol–water partition coefficient (Wildman–Crippen LogP) is 4.75. The average Bonchev–Trinajstić information content (AvgIpc) is 2.26. The van der Waals surface area contributed by atoms with E-state index in [4.69, 9.17) is 0 Å². The number of nitrogens with zero attached hydrogens (tertiary/aromatic N) is 1. The first-order chi connectivity index (χ1) is 7.74. The number of hydrogen-bond donors (Lipinski definition) is 0. The van der Waals surface area contributed by atoms with Crippen molar-refractivity contribution in [3.63, 3.8) is 0 Å². The maximum Gasteiger partial charge on any atom is 0.0459 e. The van der Waals surface area contributed by atoms with Crippen LogP contribution in [0, 0.1) is 5.41 Å². The van der Waals surface area contributed by atoms with Gasteiger partial charge in [-0.2, -0.15) is 0 Å². The smallest absolute Gasteiger partial charge is 0.0459 e. The standard InChI is InChI=1S/C16H27N/c1-7-16(5,6)10-8-13-9-11-17-14(12-13)15(2,3)4/h9,11-12H,7-8,10H2,1-6H3. The van der Waals surface area contributed by atoms with Gasteiger partial charge >= 0.3 is 0 Å². The van der Waals surface area contributed by atoms with Gasteiger partial charge in [0.25, 0.3) is 0 Å². The molecule has 0 saturated heterocycles. The van der Waals surface area contributed by atoms with E-state index in [0.29, 0.717) is 5.41 Å². The van der Waals surface area contributed by atoms with Crippen molar-refractivity contribution < 1.29 is 0 Å². The summed E-state index contributed by atoms with van der Waals surface area (Å²) in [7, 11) is 0. The van der Waals surface area contributed by atoms with Gasteiger partial charge in [-0.1, -0.05) is 48.0 Å². The maximum absolute atomic E-state index is 4.48. The van der Waals surface area contributed by atoms with Gasteiger partial charge in [-0.25, -0.2) is 0 Å². The topological polar surface area (TPSA) is 12.9 Å². The lowest BCUT2D eigenvalue weighted by molar-refractivity contribution is 0.322. The second-order valence-electron chi connectivity index (χ2n) is 6.82. The molecule has 0 aliphatic heterocycles. The van der Waals surface area contributed by atoms with E-state index in [1.807, 2.05) is 6.20 Å².